The molecule has 3 amide bonds. The third-order valence-electron chi connectivity index (χ3n) is 6.12. The van der Waals surface area contributed by atoms with Crippen LogP contribution in [-0.2, 0) is 4.74 Å². The molecule has 2 aromatic rings. The van der Waals surface area contributed by atoms with Crippen LogP contribution < -0.4 is 15.4 Å². The van der Waals surface area contributed by atoms with Gasteiger partial charge in [0.15, 0.2) is 0 Å². The lowest BCUT2D eigenvalue weighted by atomic mass is 10.0. The van der Waals surface area contributed by atoms with E-state index in [1.165, 1.54) is 0 Å². The van der Waals surface area contributed by atoms with Crippen molar-refractivity contribution in [1.29, 1.82) is 0 Å². The lowest BCUT2D eigenvalue weighted by Gasteiger charge is -2.34. The van der Waals surface area contributed by atoms with Crippen LogP contribution in [-0.4, -0.2) is 74.8 Å². The molecule has 0 aromatic heterocycles. The number of halogens is 1. The Balaban J connectivity index is 1.84. The van der Waals surface area contributed by atoms with Gasteiger partial charge in [0, 0.05) is 49.7 Å². The third kappa shape index (κ3) is 6.62. The van der Waals surface area contributed by atoms with Gasteiger partial charge in [-0.2, -0.15) is 0 Å². The summed E-state index contributed by atoms with van der Waals surface area (Å²) in [6.07, 6.45) is -0.112. The molecule has 34 heavy (non-hydrogen) atoms. The Kier molecular flexibility index (Phi) is 8.77. The van der Waals surface area contributed by atoms with E-state index in [0.29, 0.717) is 40.9 Å². The number of carbonyl (C=O) groups excluding carboxylic acids is 2. The van der Waals surface area contributed by atoms with Gasteiger partial charge in [0.05, 0.1) is 11.7 Å². The zero-order valence-electron chi connectivity index (χ0n) is 20.3. The van der Waals surface area contributed by atoms with Crippen LogP contribution in [0.4, 0.5) is 16.2 Å². The molecule has 1 heterocycles. The molecule has 9 heteroatoms. The molecule has 1 aliphatic heterocycles. The Morgan fingerprint density at radius 2 is 1.71 bits per heavy atom. The number of nitrogens with one attached hydrogen (secondary N) is 2. The van der Waals surface area contributed by atoms with E-state index in [2.05, 4.69) is 36.4 Å². The van der Waals surface area contributed by atoms with Crippen LogP contribution in [0.3, 0.4) is 0 Å². The Labute approximate surface area is 206 Å². The number of carbonyl (C=O) groups is 2. The summed E-state index contributed by atoms with van der Waals surface area (Å²) >= 11 is 5.89. The summed E-state index contributed by atoms with van der Waals surface area (Å²) in [5.41, 5.74) is 1.46. The first-order chi connectivity index (χ1) is 16.2. The minimum Gasteiger partial charge on any atom is -0.491 e. The fraction of sp³-hybridized carbons (Fsp3) is 0.440. The van der Waals surface area contributed by atoms with Crippen molar-refractivity contribution in [2.24, 2.45) is 5.92 Å². The van der Waals surface area contributed by atoms with Gasteiger partial charge >= 0.3 is 6.03 Å². The third-order valence-corrected chi connectivity index (χ3v) is 6.37. The van der Waals surface area contributed by atoms with Gasteiger partial charge < -0.3 is 25.0 Å². The molecular weight excluding hydrogens is 456 g/mol. The number of anilines is 2. The lowest BCUT2D eigenvalue weighted by molar-refractivity contribution is 0.0150. The molecule has 3 rings (SSSR count). The molecule has 0 aliphatic carbocycles. The maximum Gasteiger partial charge on any atom is 0.323 e. The molecule has 2 N–H and O–H groups in total. The number of fused-ring (bicyclic) bond motifs is 1. The maximum absolute atomic E-state index is 13.4. The van der Waals surface area contributed by atoms with E-state index in [4.69, 9.17) is 21.1 Å². The molecule has 0 radical (unpaired) electrons. The number of hydrogen-bond acceptors (Lipinski definition) is 5. The van der Waals surface area contributed by atoms with Gasteiger partial charge in [-0.05, 0) is 62.4 Å². The summed E-state index contributed by atoms with van der Waals surface area (Å²) in [6.45, 7) is 5.90. The molecule has 0 saturated carbocycles. The molecule has 0 saturated heterocycles. The predicted octanol–water partition coefficient (Wildman–Crippen LogP) is 4.42. The van der Waals surface area contributed by atoms with Crippen molar-refractivity contribution in [2.45, 2.75) is 26.0 Å². The largest absolute Gasteiger partial charge is 0.491 e. The molecule has 0 spiro atoms. The normalized spacial score (nSPS) is 22.1. The molecular formula is C25H33ClN4O4. The number of amides is 3. The van der Waals surface area contributed by atoms with Crippen molar-refractivity contribution in [3.63, 3.8) is 0 Å². The number of methoxy groups -OCH3 is 1. The average molecular weight is 489 g/mol. The van der Waals surface area contributed by atoms with Gasteiger partial charge in [0.2, 0.25) is 0 Å². The van der Waals surface area contributed by atoms with E-state index < -0.39 is 6.03 Å². The first-order valence-corrected chi connectivity index (χ1v) is 11.6. The van der Waals surface area contributed by atoms with Gasteiger partial charge in [-0.3, -0.25) is 9.69 Å². The number of ether oxygens (including phenoxy) is 2. The Bertz CT molecular complexity index is 1000. The molecule has 3 atom stereocenters. The second kappa shape index (κ2) is 11.6. The first-order valence-electron chi connectivity index (χ1n) is 11.3. The summed E-state index contributed by atoms with van der Waals surface area (Å²) in [6, 6.07) is 11.6. The highest BCUT2D eigenvalue weighted by molar-refractivity contribution is 6.30. The monoisotopic (exact) mass is 488 g/mol. The Morgan fingerprint density at radius 3 is 2.38 bits per heavy atom. The van der Waals surface area contributed by atoms with Crippen LogP contribution in [0.15, 0.2) is 42.5 Å². The highest BCUT2D eigenvalue weighted by atomic mass is 35.5. The molecule has 184 valence electrons. The fourth-order valence-electron chi connectivity index (χ4n) is 3.86. The van der Waals surface area contributed by atoms with E-state index in [1.54, 1.807) is 61.5 Å². The van der Waals surface area contributed by atoms with Crippen LogP contribution in [0.1, 0.15) is 24.2 Å². The van der Waals surface area contributed by atoms with Gasteiger partial charge in [-0.25, -0.2) is 4.79 Å². The summed E-state index contributed by atoms with van der Waals surface area (Å²) in [4.78, 5) is 29.7. The molecule has 0 unspecified atom stereocenters. The summed E-state index contributed by atoms with van der Waals surface area (Å²) < 4.78 is 11.8. The van der Waals surface area contributed by atoms with E-state index in [0.717, 1.165) is 6.54 Å². The highest BCUT2D eigenvalue weighted by Crippen LogP contribution is 2.26. The van der Waals surface area contributed by atoms with Crippen LogP contribution in [0, 0.1) is 5.92 Å². The van der Waals surface area contributed by atoms with Gasteiger partial charge in [-0.1, -0.05) is 18.5 Å². The molecule has 8 nitrogen and oxygen atoms in total. The standard InChI is InChI=1S/C25H33ClN4O4/c1-16-13-29(3)17(2)15-34-22-11-10-20(12-21(22)24(31)30(4)14-23(16)33-5)28-25(32)27-19-8-6-18(26)7-9-19/h6-12,16-17,23H,13-15H2,1-5H3,(H2,27,28,32)/t16-,17-,23+/m0/s1. The Morgan fingerprint density at radius 1 is 1.06 bits per heavy atom. The quantitative estimate of drug-likeness (QED) is 0.668. The Hall–Kier alpha value is -2.81. The van der Waals surface area contributed by atoms with Gasteiger partial charge in [-0.15, -0.1) is 0 Å². The van der Waals surface area contributed by atoms with Crippen LogP contribution in [0.2, 0.25) is 5.02 Å². The predicted molar refractivity (Wildman–Crippen MR) is 135 cm³/mol. The van der Waals surface area contributed by atoms with Gasteiger partial charge in [0.1, 0.15) is 12.4 Å². The number of hydrogen-bond donors (Lipinski definition) is 2. The number of urea groups is 1. The number of rotatable bonds is 3. The van der Waals surface area contributed by atoms with Crippen molar-refractivity contribution < 1.29 is 19.1 Å². The topological polar surface area (TPSA) is 83.1 Å². The zero-order chi connectivity index (χ0) is 24.8. The smallest absolute Gasteiger partial charge is 0.323 e. The average Bonchev–Trinajstić information content (AvgIpc) is 2.81. The van der Waals surface area contributed by atoms with E-state index in [-0.39, 0.29) is 24.0 Å². The number of benzene rings is 2. The van der Waals surface area contributed by atoms with Crippen molar-refractivity contribution in [1.82, 2.24) is 9.80 Å². The first kappa shape index (κ1) is 25.8. The summed E-state index contributed by atoms with van der Waals surface area (Å²) in [7, 11) is 5.48. The highest BCUT2D eigenvalue weighted by Gasteiger charge is 2.27. The summed E-state index contributed by atoms with van der Waals surface area (Å²) in [5.74, 6) is 0.493. The summed E-state index contributed by atoms with van der Waals surface area (Å²) in [5, 5.41) is 6.11. The molecule has 1 aliphatic rings. The van der Waals surface area contributed by atoms with E-state index in [1.807, 2.05) is 0 Å². The van der Waals surface area contributed by atoms with Crippen molar-refractivity contribution in [3.05, 3.63) is 53.1 Å². The van der Waals surface area contributed by atoms with Gasteiger partial charge in [0.25, 0.3) is 5.91 Å². The van der Waals surface area contributed by atoms with Crippen LogP contribution in [0.25, 0.3) is 0 Å². The zero-order valence-corrected chi connectivity index (χ0v) is 21.1. The van der Waals surface area contributed by atoms with Crippen LogP contribution in [0.5, 0.6) is 5.75 Å². The van der Waals surface area contributed by atoms with E-state index >= 15 is 0 Å². The van der Waals surface area contributed by atoms with Crippen molar-refractivity contribution in [3.8, 4) is 5.75 Å². The van der Waals surface area contributed by atoms with Crippen molar-refractivity contribution in [2.75, 3.05) is 51.5 Å². The van der Waals surface area contributed by atoms with Crippen LogP contribution >= 0.6 is 11.6 Å². The minimum atomic E-state index is -0.430. The maximum atomic E-state index is 13.4. The molecule has 0 fully saturated rings. The second-order valence-electron chi connectivity index (χ2n) is 8.83. The second-order valence-corrected chi connectivity index (χ2v) is 9.27. The lowest BCUT2D eigenvalue weighted by Crippen LogP contribution is -2.45. The molecule has 2 aromatic carbocycles. The number of nitrogens with zero attached hydrogens (tertiary/aromatic N) is 2. The van der Waals surface area contributed by atoms with E-state index in [9.17, 15) is 9.59 Å². The number of likely N-dealkylation sites (N-methyl/N-ethyl adjacent to an activating group) is 2. The van der Waals surface area contributed by atoms with Crippen molar-refractivity contribution >= 4 is 34.9 Å². The minimum absolute atomic E-state index is 0.112. The SMILES string of the molecule is CO[C@@H]1CN(C)C(=O)c2cc(NC(=O)Nc3ccc(Cl)cc3)ccc2OC[C@H](C)N(C)C[C@@H]1C. The fourth-order valence-corrected chi connectivity index (χ4v) is 3.99. The molecule has 0 bridgehead atoms.